The Labute approximate surface area is 93.2 Å². The standard InChI is InChI=1S/C12H13I/c1-8-3-4-10-7-11(13)5-6-12(10)9(8)2/h3-6,11H,7H2,1-2H3/t11-/m1/s1. The number of allylic oxidation sites excluding steroid dienone is 1. The Hall–Kier alpha value is -0.310. The molecule has 0 heterocycles. The van der Waals surface area contributed by atoms with E-state index in [9.17, 15) is 0 Å². The van der Waals surface area contributed by atoms with Crippen LogP contribution in [-0.4, -0.2) is 3.92 Å². The van der Waals surface area contributed by atoms with Crippen LogP contribution in [0.3, 0.4) is 0 Å². The molecule has 1 heteroatoms. The molecule has 0 radical (unpaired) electrons. The van der Waals surface area contributed by atoms with E-state index in [0.717, 1.165) is 0 Å². The van der Waals surface area contributed by atoms with Crippen LogP contribution in [0.4, 0.5) is 0 Å². The highest BCUT2D eigenvalue weighted by atomic mass is 127. The van der Waals surface area contributed by atoms with Gasteiger partial charge in [0.2, 0.25) is 0 Å². The van der Waals surface area contributed by atoms with Crippen molar-refractivity contribution in [1.82, 2.24) is 0 Å². The van der Waals surface area contributed by atoms with E-state index in [2.05, 4.69) is 60.7 Å². The maximum Gasteiger partial charge on any atom is 0.0333 e. The van der Waals surface area contributed by atoms with E-state index in [0.29, 0.717) is 3.92 Å². The molecular weight excluding hydrogens is 271 g/mol. The number of alkyl halides is 1. The largest absolute Gasteiger partial charge is 0.0777 e. The van der Waals surface area contributed by atoms with Gasteiger partial charge in [-0.15, -0.1) is 0 Å². The second-order valence-electron chi connectivity index (χ2n) is 3.66. The highest BCUT2D eigenvalue weighted by molar-refractivity contribution is 14.1. The van der Waals surface area contributed by atoms with Gasteiger partial charge in [-0.1, -0.05) is 46.9 Å². The van der Waals surface area contributed by atoms with Crippen molar-refractivity contribution in [3.63, 3.8) is 0 Å². The Balaban J connectivity index is 2.57. The van der Waals surface area contributed by atoms with Gasteiger partial charge in [0, 0.05) is 3.92 Å². The number of rotatable bonds is 0. The summed E-state index contributed by atoms with van der Waals surface area (Å²) in [6.07, 6.45) is 5.76. The minimum Gasteiger partial charge on any atom is -0.0777 e. The maximum atomic E-state index is 2.49. The summed E-state index contributed by atoms with van der Waals surface area (Å²) in [4.78, 5) is 0. The lowest BCUT2D eigenvalue weighted by Gasteiger charge is -2.17. The molecule has 2 rings (SSSR count). The fourth-order valence-corrected chi connectivity index (χ4v) is 2.46. The first-order chi connectivity index (χ1) is 6.18. The number of benzene rings is 1. The van der Waals surface area contributed by atoms with Gasteiger partial charge in [-0.25, -0.2) is 0 Å². The molecule has 68 valence electrons. The zero-order chi connectivity index (χ0) is 9.42. The van der Waals surface area contributed by atoms with Crippen molar-refractivity contribution >= 4 is 28.7 Å². The lowest BCUT2D eigenvalue weighted by atomic mass is 9.91. The summed E-state index contributed by atoms with van der Waals surface area (Å²) < 4.78 is 0.673. The molecule has 0 amide bonds. The molecule has 0 nitrogen and oxygen atoms in total. The number of hydrogen-bond acceptors (Lipinski definition) is 0. The van der Waals surface area contributed by atoms with Gasteiger partial charge in [0.05, 0.1) is 0 Å². The van der Waals surface area contributed by atoms with Crippen molar-refractivity contribution in [1.29, 1.82) is 0 Å². The monoisotopic (exact) mass is 284 g/mol. The van der Waals surface area contributed by atoms with Crippen LogP contribution in [0, 0.1) is 13.8 Å². The van der Waals surface area contributed by atoms with Crippen molar-refractivity contribution in [3.05, 3.63) is 40.5 Å². The molecule has 0 aromatic heterocycles. The average molecular weight is 284 g/mol. The third kappa shape index (κ3) is 1.66. The van der Waals surface area contributed by atoms with Crippen molar-refractivity contribution in [3.8, 4) is 0 Å². The van der Waals surface area contributed by atoms with Gasteiger partial charge in [-0.2, -0.15) is 0 Å². The summed E-state index contributed by atoms with van der Waals surface area (Å²) >= 11 is 2.49. The van der Waals surface area contributed by atoms with Crippen molar-refractivity contribution in [2.75, 3.05) is 0 Å². The van der Waals surface area contributed by atoms with E-state index in [-0.39, 0.29) is 0 Å². The number of aryl methyl sites for hydroxylation is 1. The van der Waals surface area contributed by atoms with Crippen LogP contribution < -0.4 is 0 Å². The second kappa shape index (κ2) is 3.45. The van der Waals surface area contributed by atoms with Gasteiger partial charge in [0.1, 0.15) is 0 Å². The highest BCUT2D eigenvalue weighted by Gasteiger charge is 2.12. The first-order valence-corrected chi connectivity index (χ1v) is 5.84. The molecule has 1 aliphatic rings. The van der Waals surface area contributed by atoms with E-state index in [1.54, 1.807) is 0 Å². The van der Waals surface area contributed by atoms with Crippen LogP contribution >= 0.6 is 22.6 Å². The molecule has 0 bridgehead atoms. The molecule has 1 aromatic carbocycles. The summed E-state index contributed by atoms with van der Waals surface area (Å²) in [6.45, 7) is 4.39. The van der Waals surface area contributed by atoms with E-state index >= 15 is 0 Å². The zero-order valence-corrected chi connectivity index (χ0v) is 10.1. The Morgan fingerprint density at radius 3 is 2.85 bits per heavy atom. The molecule has 0 spiro atoms. The predicted octanol–water partition coefficient (Wildman–Crippen LogP) is 3.68. The van der Waals surface area contributed by atoms with Crippen molar-refractivity contribution < 1.29 is 0 Å². The normalized spacial score (nSPS) is 20.1. The smallest absolute Gasteiger partial charge is 0.0333 e. The Morgan fingerprint density at radius 1 is 1.31 bits per heavy atom. The molecule has 0 saturated heterocycles. The minimum atomic E-state index is 0.673. The molecule has 13 heavy (non-hydrogen) atoms. The maximum absolute atomic E-state index is 2.49. The Bertz CT molecular complexity index is 364. The second-order valence-corrected chi connectivity index (χ2v) is 5.26. The topological polar surface area (TPSA) is 0 Å². The van der Waals surface area contributed by atoms with E-state index < -0.39 is 0 Å². The molecule has 1 aliphatic carbocycles. The lowest BCUT2D eigenvalue weighted by Crippen LogP contribution is -2.07. The SMILES string of the molecule is Cc1ccc2c(c1C)C=C[C@@H](I)C2. The summed E-state index contributed by atoms with van der Waals surface area (Å²) in [5, 5.41) is 0. The highest BCUT2D eigenvalue weighted by Crippen LogP contribution is 2.27. The molecule has 1 aromatic rings. The minimum absolute atomic E-state index is 0.673. The summed E-state index contributed by atoms with van der Waals surface area (Å²) in [6, 6.07) is 4.50. The zero-order valence-electron chi connectivity index (χ0n) is 7.97. The summed E-state index contributed by atoms with van der Waals surface area (Å²) in [5.74, 6) is 0. The van der Waals surface area contributed by atoms with E-state index in [1.807, 2.05) is 0 Å². The average Bonchev–Trinajstić information content (AvgIpc) is 2.12. The molecular formula is C12H13I. The van der Waals surface area contributed by atoms with Gasteiger partial charge in [0.15, 0.2) is 0 Å². The third-order valence-corrected chi connectivity index (χ3v) is 3.62. The summed E-state index contributed by atoms with van der Waals surface area (Å²) in [5.41, 5.74) is 5.80. The summed E-state index contributed by atoms with van der Waals surface area (Å²) in [7, 11) is 0. The van der Waals surface area contributed by atoms with Crippen LogP contribution in [-0.2, 0) is 6.42 Å². The van der Waals surface area contributed by atoms with Crippen LogP contribution in [0.2, 0.25) is 0 Å². The fraction of sp³-hybridized carbons (Fsp3) is 0.333. The molecule has 0 saturated carbocycles. The van der Waals surface area contributed by atoms with E-state index in [1.165, 1.54) is 28.7 Å². The fourth-order valence-electron chi connectivity index (χ4n) is 1.78. The number of fused-ring (bicyclic) bond motifs is 1. The van der Waals surface area contributed by atoms with Gasteiger partial charge in [0.25, 0.3) is 0 Å². The molecule has 0 N–H and O–H groups in total. The van der Waals surface area contributed by atoms with Crippen molar-refractivity contribution in [2.45, 2.75) is 24.2 Å². The van der Waals surface area contributed by atoms with Gasteiger partial charge >= 0.3 is 0 Å². The first kappa shape index (κ1) is 9.25. The van der Waals surface area contributed by atoms with Gasteiger partial charge in [-0.05, 0) is 42.5 Å². The van der Waals surface area contributed by atoms with E-state index in [4.69, 9.17) is 0 Å². The predicted molar refractivity (Wildman–Crippen MR) is 66.5 cm³/mol. The van der Waals surface area contributed by atoms with Crippen LogP contribution in [0.1, 0.15) is 22.3 Å². The van der Waals surface area contributed by atoms with Crippen molar-refractivity contribution in [2.24, 2.45) is 0 Å². The quantitative estimate of drug-likeness (QED) is 0.503. The third-order valence-electron chi connectivity index (χ3n) is 2.76. The molecule has 0 aliphatic heterocycles. The van der Waals surface area contributed by atoms with Gasteiger partial charge < -0.3 is 0 Å². The van der Waals surface area contributed by atoms with Gasteiger partial charge in [-0.3, -0.25) is 0 Å². The first-order valence-electron chi connectivity index (χ1n) is 4.60. The Kier molecular flexibility index (Phi) is 2.45. The lowest BCUT2D eigenvalue weighted by molar-refractivity contribution is 1.02. The Morgan fingerprint density at radius 2 is 2.08 bits per heavy atom. The molecule has 0 unspecified atom stereocenters. The van der Waals surface area contributed by atoms with Crippen LogP contribution in [0.15, 0.2) is 18.2 Å². The number of hydrogen-bond donors (Lipinski definition) is 0. The molecule has 0 fully saturated rings. The molecule has 1 atom stereocenters. The van der Waals surface area contributed by atoms with Crippen LogP contribution in [0.5, 0.6) is 0 Å². The number of halogens is 1. The van der Waals surface area contributed by atoms with Crippen LogP contribution in [0.25, 0.3) is 6.08 Å².